The molecule has 10 nitrogen and oxygen atoms in total. The second kappa shape index (κ2) is 15.0. The number of anilines is 1. The number of amides is 1. The maximum Gasteiger partial charge on any atom is 0.414 e. The van der Waals surface area contributed by atoms with Crippen molar-refractivity contribution in [1.82, 2.24) is 9.88 Å². The van der Waals surface area contributed by atoms with Gasteiger partial charge in [-0.3, -0.25) is 19.4 Å². The van der Waals surface area contributed by atoms with Crippen LogP contribution >= 0.6 is 46.6 Å². The van der Waals surface area contributed by atoms with E-state index in [9.17, 15) is 28.3 Å². The van der Waals surface area contributed by atoms with E-state index < -0.39 is 16.6 Å². The number of benzene rings is 2. The maximum absolute atomic E-state index is 13.3. The molecule has 3 heterocycles. The monoisotopic (exact) mass is 714 g/mol. The number of halogens is 5. The summed E-state index contributed by atoms with van der Waals surface area (Å²) >= 11 is 17.8. The molecule has 0 radical (unpaired) electrons. The van der Waals surface area contributed by atoms with Crippen molar-refractivity contribution in [3.8, 4) is 11.8 Å². The Balaban J connectivity index is 0.000000209. The van der Waals surface area contributed by atoms with Crippen LogP contribution in [0.25, 0.3) is 0 Å². The Kier molecular flexibility index (Phi) is 11.6. The van der Waals surface area contributed by atoms with E-state index in [1.54, 1.807) is 12.0 Å². The Morgan fingerprint density at radius 1 is 1.28 bits per heavy atom. The fraction of sp³-hybridized carbons (Fsp3) is 0.333. The van der Waals surface area contributed by atoms with Crippen LogP contribution in [0.2, 0.25) is 10.0 Å². The fourth-order valence-electron chi connectivity index (χ4n) is 4.98. The fourth-order valence-corrected chi connectivity index (χ4v) is 6.78. The minimum atomic E-state index is -3.82. The van der Waals surface area contributed by atoms with Crippen molar-refractivity contribution in [2.24, 2.45) is 0 Å². The minimum absolute atomic E-state index is 0.0799. The highest BCUT2D eigenvalue weighted by molar-refractivity contribution is 7.99. The first-order valence-corrected chi connectivity index (χ1v) is 15.6. The van der Waals surface area contributed by atoms with Gasteiger partial charge in [0.05, 0.1) is 54.1 Å². The van der Waals surface area contributed by atoms with E-state index in [-0.39, 0.29) is 50.4 Å². The molecule has 2 aromatic carbocycles. The van der Waals surface area contributed by atoms with Crippen molar-refractivity contribution in [2.75, 3.05) is 32.2 Å². The summed E-state index contributed by atoms with van der Waals surface area (Å²) in [6.07, 6.45) is 1.15. The van der Waals surface area contributed by atoms with Gasteiger partial charge in [0.15, 0.2) is 6.29 Å². The summed E-state index contributed by atoms with van der Waals surface area (Å²) in [4.78, 5) is 40.7. The number of cyclic esters (lactones) is 1. The quantitative estimate of drug-likeness (QED) is 0.189. The number of aliphatic hydroxyl groups excluding tert-OH is 1. The van der Waals surface area contributed by atoms with Crippen LogP contribution in [0.4, 0.5) is 19.3 Å². The number of aromatic amines is 1. The summed E-state index contributed by atoms with van der Waals surface area (Å²) < 4.78 is 37.2. The van der Waals surface area contributed by atoms with Gasteiger partial charge >= 0.3 is 11.5 Å². The number of hydrogen-bond donors (Lipinski definition) is 2. The van der Waals surface area contributed by atoms with Gasteiger partial charge in [-0.15, -0.1) is 0 Å². The molecule has 1 aromatic heterocycles. The average molecular weight is 716 g/mol. The predicted molar refractivity (Wildman–Crippen MR) is 169 cm³/mol. The third-order valence-electron chi connectivity index (χ3n) is 7.27. The first kappa shape index (κ1) is 35.5. The van der Waals surface area contributed by atoms with Gasteiger partial charge in [0.1, 0.15) is 11.4 Å². The van der Waals surface area contributed by atoms with Crippen LogP contribution in [0.15, 0.2) is 44.9 Å². The molecule has 0 aliphatic carbocycles. The number of alkyl halides is 3. The Morgan fingerprint density at radius 3 is 2.63 bits per heavy atom. The number of methoxy groups -OCH3 is 1. The number of ether oxygens (including phenoxy) is 2. The maximum atomic E-state index is 13.3. The molecule has 46 heavy (non-hydrogen) atoms. The van der Waals surface area contributed by atoms with Gasteiger partial charge in [-0.25, -0.2) is 4.79 Å². The number of rotatable bonds is 8. The zero-order valence-corrected chi connectivity index (χ0v) is 27.5. The smallest absolute Gasteiger partial charge is 0.414 e. The number of nitrogens with one attached hydrogen (secondary N) is 1. The Hall–Kier alpha value is -3.38. The number of nitriles is 1. The van der Waals surface area contributed by atoms with E-state index in [0.29, 0.717) is 30.9 Å². The molecule has 3 aromatic rings. The van der Waals surface area contributed by atoms with Crippen molar-refractivity contribution in [1.29, 1.82) is 5.26 Å². The van der Waals surface area contributed by atoms with Gasteiger partial charge in [0, 0.05) is 28.9 Å². The molecular weight excluding hydrogens is 689 g/mol. The SMILES string of the molecule is COc1cc2c(cc1N1CCCOC1=O)CN(C)C2CC#N.O=Cc1c(Sc2c(Cl)ccc(CO)c2Cl)cc(C(F)(F)Cl)[nH]c1=O. The molecule has 1 saturated heterocycles. The van der Waals surface area contributed by atoms with E-state index >= 15 is 0 Å². The Morgan fingerprint density at radius 2 is 2.02 bits per heavy atom. The molecule has 2 aliphatic heterocycles. The molecule has 244 valence electrons. The molecule has 0 bridgehead atoms. The lowest BCUT2D eigenvalue weighted by atomic mass is 10.0. The highest BCUT2D eigenvalue weighted by atomic mass is 35.5. The van der Waals surface area contributed by atoms with E-state index in [1.807, 2.05) is 24.2 Å². The van der Waals surface area contributed by atoms with Crippen LogP contribution in [-0.4, -0.2) is 54.7 Å². The number of aliphatic hydroxyl groups is 1. The Bertz CT molecular complexity index is 1750. The molecule has 1 amide bonds. The molecule has 2 aliphatic rings. The number of carbonyl (C=O) groups is 2. The van der Waals surface area contributed by atoms with Crippen LogP contribution in [0.3, 0.4) is 0 Å². The molecular formula is C30H27Cl3F2N4O6S. The van der Waals surface area contributed by atoms with E-state index in [2.05, 4.69) is 11.0 Å². The van der Waals surface area contributed by atoms with Crippen LogP contribution in [0, 0.1) is 11.3 Å². The first-order valence-electron chi connectivity index (χ1n) is 13.6. The minimum Gasteiger partial charge on any atom is -0.495 e. The zero-order chi connectivity index (χ0) is 33.8. The van der Waals surface area contributed by atoms with Crippen molar-refractivity contribution >= 4 is 64.6 Å². The molecule has 0 spiro atoms. The summed E-state index contributed by atoms with van der Waals surface area (Å²) in [6.45, 7) is 1.49. The van der Waals surface area contributed by atoms with E-state index in [1.165, 1.54) is 12.1 Å². The predicted octanol–water partition coefficient (Wildman–Crippen LogP) is 6.87. The van der Waals surface area contributed by atoms with Gasteiger partial charge < -0.3 is 19.6 Å². The third-order valence-corrected chi connectivity index (χ3v) is 9.63. The van der Waals surface area contributed by atoms with Crippen molar-refractivity contribution in [2.45, 2.75) is 47.2 Å². The van der Waals surface area contributed by atoms with Gasteiger partial charge in [0.2, 0.25) is 0 Å². The number of aldehydes is 1. The molecule has 1 atom stereocenters. The van der Waals surface area contributed by atoms with E-state index in [4.69, 9.17) is 49.5 Å². The molecule has 1 fully saturated rings. The second-order valence-corrected chi connectivity index (χ2v) is 12.5. The van der Waals surface area contributed by atoms with Gasteiger partial charge in [-0.2, -0.15) is 14.0 Å². The molecule has 2 N–H and O–H groups in total. The summed E-state index contributed by atoms with van der Waals surface area (Å²) in [7, 11) is 3.60. The van der Waals surface area contributed by atoms with Crippen LogP contribution < -0.4 is 15.2 Å². The van der Waals surface area contributed by atoms with Crippen LogP contribution in [-0.2, 0) is 23.3 Å². The summed E-state index contributed by atoms with van der Waals surface area (Å²) in [5.74, 6) is 0.649. The number of pyridine rings is 1. The largest absolute Gasteiger partial charge is 0.495 e. The van der Waals surface area contributed by atoms with Gasteiger partial charge in [-0.05, 0) is 66.0 Å². The van der Waals surface area contributed by atoms with Crippen molar-refractivity contribution < 1.29 is 33.0 Å². The number of H-pyrrole nitrogens is 1. The number of fused-ring (bicyclic) bond motifs is 1. The summed E-state index contributed by atoms with van der Waals surface area (Å²) in [5, 5.41) is 14.7. The van der Waals surface area contributed by atoms with E-state index in [0.717, 1.165) is 47.6 Å². The lowest BCUT2D eigenvalue weighted by Crippen LogP contribution is -2.38. The molecule has 1 unspecified atom stereocenters. The zero-order valence-electron chi connectivity index (χ0n) is 24.4. The highest BCUT2D eigenvalue weighted by Gasteiger charge is 2.33. The average Bonchev–Trinajstić information content (AvgIpc) is 3.32. The second-order valence-electron chi connectivity index (χ2n) is 10.2. The van der Waals surface area contributed by atoms with Crippen LogP contribution in [0.1, 0.15) is 51.6 Å². The Labute approximate surface area is 281 Å². The number of aromatic nitrogens is 1. The first-order chi connectivity index (χ1) is 21.8. The van der Waals surface area contributed by atoms with Crippen molar-refractivity contribution in [3.63, 3.8) is 0 Å². The normalized spacial score (nSPS) is 16.2. The standard InChI is InChI=1S/C16H19N3O3.C14H8Cl3F2NO3S/c1-18-10-11-8-14(19-6-3-7-22-16(19)20)15(21-2)9-12(11)13(18)4-5-17;15-8-2-1-6(4-21)11(16)12(8)24-9-3-10(14(17,18)19)20-13(23)7(9)5-22/h8-9,13H,3-4,6-7,10H2,1-2H3;1-3,5,21H,4H2,(H,20,23). The topological polar surface area (TPSA) is 136 Å². The van der Waals surface area contributed by atoms with Crippen LogP contribution in [0.5, 0.6) is 5.75 Å². The van der Waals surface area contributed by atoms with Gasteiger partial charge in [0.25, 0.3) is 5.56 Å². The number of carbonyl (C=O) groups excluding carboxylic acids is 2. The number of nitrogens with zero attached hydrogens (tertiary/aromatic N) is 3. The highest BCUT2D eigenvalue weighted by Crippen LogP contribution is 2.43. The molecule has 0 saturated carbocycles. The summed E-state index contributed by atoms with van der Waals surface area (Å²) in [5.41, 5.74) is 1.09. The lowest BCUT2D eigenvalue weighted by Gasteiger charge is -2.28. The lowest BCUT2D eigenvalue weighted by molar-refractivity contribution is 0.0891. The molecule has 16 heteroatoms. The van der Waals surface area contributed by atoms with Gasteiger partial charge in [-0.1, -0.05) is 41.0 Å². The third kappa shape index (κ3) is 7.60. The van der Waals surface area contributed by atoms with Crippen molar-refractivity contribution in [3.05, 3.63) is 78.7 Å². The summed E-state index contributed by atoms with van der Waals surface area (Å²) in [6, 6.07) is 10.1. The molecule has 5 rings (SSSR count). The number of hydrogen-bond acceptors (Lipinski definition) is 9.